The van der Waals surface area contributed by atoms with Crippen LogP contribution >= 0.6 is 11.3 Å². The zero-order valence-electron chi connectivity index (χ0n) is 33.3. The lowest BCUT2D eigenvalue weighted by molar-refractivity contribution is 1.06. The van der Waals surface area contributed by atoms with E-state index in [0.717, 1.165) is 44.3 Å². The van der Waals surface area contributed by atoms with Gasteiger partial charge < -0.3 is 4.57 Å². The van der Waals surface area contributed by atoms with Crippen LogP contribution in [-0.4, -0.2) is 19.5 Å². The van der Waals surface area contributed by atoms with Crippen molar-refractivity contribution in [3.05, 3.63) is 170 Å². The highest BCUT2D eigenvalue weighted by atomic mass is 32.1. The largest absolute Gasteiger partial charge is 0.308 e. The number of para-hydroxylation sites is 3. The molecule has 10 aromatic rings. The van der Waals surface area contributed by atoms with Crippen LogP contribution in [0, 0.1) is 0 Å². The monoisotopic (exact) mass is 663 g/mol. The molecule has 234 valence electrons. The second-order valence-electron chi connectivity index (χ2n) is 11.9. The van der Waals surface area contributed by atoms with E-state index in [4.69, 9.17) is 23.2 Å². The predicted octanol–water partition coefficient (Wildman–Crippen LogP) is 12.0. The Kier molecular flexibility index (Phi) is 5.17. The van der Waals surface area contributed by atoms with Crippen LogP contribution in [0.2, 0.25) is 0 Å². The molecule has 0 saturated carbocycles. The summed E-state index contributed by atoms with van der Waals surface area (Å²) in [6.45, 7) is 0. The minimum atomic E-state index is -0.416. The molecule has 0 amide bonds. The van der Waals surface area contributed by atoms with Gasteiger partial charge in [0.05, 0.1) is 26.3 Å². The molecule has 0 N–H and O–H groups in total. The van der Waals surface area contributed by atoms with Gasteiger partial charge in [0.15, 0.2) is 17.5 Å². The Morgan fingerprint density at radius 1 is 0.440 bits per heavy atom. The molecule has 0 aliphatic rings. The van der Waals surface area contributed by atoms with Gasteiger partial charge in [-0.1, -0.05) is 145 Å². The number of hydrogen-bond donors (Lipinski definition) is 0. The third-order valence-corrected chi connectivity index (χ3v) is 10.1. The fraction of sp³-hybridized carbons (Fsp3) is 0. The van der Waals surface area contributed by atoms with Gasteiger partial charge in [-0.15, -0.1) is 11.3 Å². The van der Waals surface area contributed by atoms with Gasteiger partial charge in [-0.3, -0.25) is 0 Å². The van der Waals surface area contributed by atoms with E-state index < -0.39 is 6.04 Å². The van der Waals surface area contributed by atoms with E-state index in [1.807, 2.05) is 115 Å². The molecule has 0 unspecified atom stereocenters. The van der Waals surface area contributed by atoms with Gasteiger partial charge in [0, 0.05) is 58.8 Å². The summed E-state index contributed by atoms with van der Waals surface area (Å²) in [5.74, 6) is 1.33. The molecule has 7 aromatic carbocycles. The van der Waals surface area contributed by atoms with E-state index in [1.54, 1.807) is 0 Å². The zero-order valence-corrected chi connectivity index (χ0v) is 27.1. The average Bonchev–Trinajstić information content (AvgIpc) is 3.82. The fourth-order valence-corrected chi connectivity index (χ4v) is 7.86. The number of rotatable bonds is 5. The van der Waals surface area contributed by atoms with Gasteiger partial charge in [-0.05, 0) is 24.2 Å². The number of hydrogen-bond acceptors (Lipinski definition) is 4. The van der Waals surface area contributed by atoms with E-state index in [2.05, 4.69) is 16.7 Å². The maximum absolute atomic E-state index is 9.52. The second kappa shape index (κ2) is 11.6. The molecule has 3 heterocycles. The molecule has 0 bridgehead atoms. The molecule has 0 aliphatic carbocycles. The molecule has 4 nitrogen and oxygen atoms in total. The minimum Gasteiger partial charge on any atom is -0.308 e. The SMILES string of the molecule is [2H]c1c([2H])c([2H])c2c(sc3c(-c4cccc(-c5nc(-c6ccccc6)nc(-c6ccccc6)n5)c4-n4c5ccccc5c5ccccc54)c([2H])c([2H])c([2H])c32)c1[2H]. The summed E-state index contributed by atoms with van der Waals surface area (Å²) in [7, 11) is 0. The highest BCUT2D eigenvalue weighted by molar-refractivity contribution is 7.26. The van der Waals surface area contributed by atoms with Crippen LogP contribution in [0.3, 0.4) is 0 Å². The van der Waals surface area contributed by atoms with E-state index >= 15 is 0 Å². The van der Waals surface area contributed by atoms with Gasteiger partial charge in [0.2, 0.25) is 0 Å². The number of thiophene rings is 1. The number of fused-ring (bicyclic) bond motifs is 6. The van der Waals surface area contributed by atoms with Crippen molar-refractivity contribution in [2.45, 2.75) is 0 Å². The van der Waals surface area contributed by atoms with Gasteiger partial charge in [0.1, 0.15) is 0 Å². The van der Waals surface area contributed by atoms with Crippen LogP contribution in [-0.2, 0) is 0 Å². The van der Waals surface area contributed by atoms with Crippen molar-refractivity contribution in [1.29, 1.82) is 0 Å². The molecule has 0 fully saturated rings. The molecule has 5 heteroatoms. The third kappa shape index (κ3) is 4.55. The molecule has 0 atom stereocenters. The van der Waals surface area contributed by atoms with Gasteiger partial charge in [-0.2, -0.15) is 0 Å². The Hall–Kier alpha value is -6.43. The van der Waals surface area contributed by atoms with E-state index in [1.165, 1.54) is 0 Å². The van der Waals surface area contributed by atoms with Gasteiger partial charge in [-0.25, -0.2) is 15.0 Å². The average molecular weight is 664 g/mol. The molecule has 0 aliphatic heterocycles. The van der Waals surface area contributed by atoms with E-state index in [9.17, 15) is 1.37 Å². The highest BCUT2D eigenvalue weighted by Crippen LogP contribution is 2.45. The molecule has 0 spiro atoms. The Labute approximate surface area is 302 Å². The smallest absolute Gasteiger partial charge is 0.166 e. The van der Waals surface area contributed by atoms with E-state index in [-0.39, 0.29) is 51.7 Å². The minimum absolute atomic E-state index is 0.174. The summed E-state index contributed by atoms with van der Waals surface area (Å²) < 4.78 is 65.2. The Morgan fingerprint density at radius 3 is 1.68 bits per heavy atom. The van der Waals surface area contributed by atoms with Crippen molar-refractivity contribution in [2.24, 2.45) is 0 Å². The Morgan fingerprint density at radius 2 is 1.00 bits per heavy atom. The maximum Gasteiger partial charge on any atom is 0.166 e. The fourth-order valence-electron chi connectivity index (χ4n) is 6.78. The number of benzene rings is 7. The summed E-state index contributed by atoms with van der Waals surface area (Å²) in [5.41, 5.74) is 5.51. The van der Waals surface area contributed by atoms with Gasteiger partial charge in [0.25, 0.3) is 0 Å². The Balaban J connectivity index is 1.40. The first-order valence-electron chi connectivity index (χ1n) is 19.6. The number of aromatic nitrogens is 4. The molecule has 0 saturated heterocycles. The van der Waals surface area contributed by atoms with Crippen LogP contribution in [0.1, 0.15) is 9.60 Å². The predicted molar refractivity (Wildman–Crippen MR) is 209 cm³/mol. The lowest BCUT2D eigenvalue weighted by atomic mass is 9.97. The third-order valence-electron chi connectivity index (χ3n) is 8.99. The van der Waals surface area contributed by atoms with Crippen molar-refractivity contribution < 1.29 is 9.60 Å². The summed E-state index contributed by atoms with van der Waals surface area (Å²) in [4.78, 5) is 15.2. The normalized spacial score (nSPS) is 13.6. The summed E-state index contributed by atoms with van der Waals surface area (Å²) >= 11 is 1.11. The van der Waals surface area contributed by atoms with Crippen molar-refractivity contribution in [3.8, 4) is 51.0 Å². The van der Waals surface area contributed by atoms with Crippen LogP contribution in [0.4, 0.5) is 0 Å². The lowest BCUT2D eigenvalue weighted by Crippen LogP contribution is -2.05. The van der Waals surface area contributed by atoms with Crippen LogP contribution in [0.25, 0.3) is 93.0 Å². The molecule has 10 rings (SSSR count). The number of nitrogens with zero attached hydrogens (tertiary/aromatic N) is 4. The van der Waals surface area contributed by atoms with Gasteiger partial charge >= 0.3 is 0 Å². The van der Waals surface area contributed by atoms with Crippen LogP contribution in [0.5, 0.6) is 0 Å². The molecular formula is C45H28N4S. The first-order valence-corrected chi connectivity index (χ1v) is 17.0. The molecule has 0 radical (unpaired) electrons. The lowest BCUT2D eigenvalue weighted by Gasteiger charge is -2.19. The first kappa shape index (κ1) is 22.3. The second-order valence-corrected chi connectivity index (χ2v) is 12.9. The summed E-state index contributed by atoms with van der Waals surface area (Å²) in [6.07, 6.45) is 0. The van der Waals surface area contributed by atoms with Crippen molar-refractivity contribution in [2.75, 3.05) is 0 Å². The topological polar surface area (TPSA) is 43.6 Å². The van der Waals surface area contributed by atoms with Crippen molar-refractivity contribution in [3.63, 3.8) is 0 Å². The van der Waals surface area contributed by atoms with E-state index in [0.29, 0.717) is 44.6 Å². The summed E-state index contributed by atoms with van der Waals surface area (Å²) in [5, 5.41) is 2.40. The Bertz CT molecular complexity index is 3160. The first-order chi connectivity index (χ1) is 27.7. The molecule has 50 heavy (non-hydrogen) atoms. The highest BCUT2D eigenvalue weighted by Gasteiger charge is 2.23. The van der Waals surface area contributed by atoms with Crippen molar-refractivity contribution >= 4 is 53.3 Å². The van der Waals surface area contributed by atoms with Crippen molar-refractivity contribution in [1.82, 2.24) is 19.5 Å². The molecular weight excluding hydrogens is 629 g/mol. The zero-order chi connectivity index (χ0) is 39.1. The van der Waals surface area contributed by atoms with Crippen LogP contribution < -0.4 is 0 Å². The quantitative estimate of drug-likeness (QED) is 0.184. The summed E-state index contributed by atoms with van der Waals surface area (Å²) in [6, 6.07) is 39.2. The standard InChI is InChI=1S/C45H28N4S/c1-3-15-29(16-4-1)43-46-44(30-17-5-2-6-18-30)48-45(47-43)37-25-13-22-34(36-24-14-23-35-33-21-9-12-28-40(33)50-42(35)36)41(37)49-38-26-10-7-19-31(38)32-20-8-11-27-39(32)49/h1-28H/i9D,12D,14D,21D,23D,24D,28D. The molecule has 3 aromatic heterocycles. The van der Waals surface area contributed by atoms with Crippen LogP contribution in [0.15, 0.2) is 170 Å². The maximum atomic E-state index is 9.52.